The zero-order valence-electron chi connectivity index (χ0n) is 26.9. The number of carbonyl (C=O) groups excluding carboxylic acids is 1. The molecule has 7 atom stereocenters. The minimum atomic E-state index is -0.793. The fourth-order valence-corrected chi connectivity index (χ4v) is 6.40. The maximum Gasteiger partial charge on any atom is 0.334 e. The molecule has 42 heavy (non-hydrogen) atoms. The summed E-state index contributed by atoms with van der Waals surface area (Å²) in [6.45, 7) is 4.08. The fourth-order valence-electron chi connectivity index (χ4n) is 6.40. The summed E-state index contributed by atoms with van der Waals surface area (Å²) < 4.78 is 11.2. The summed E-state index contributed by atoms with van der Waals surface area (Å²) in [6, 6.07) is 0. The normalized spacial score (nSPS) is 23.5. The third-order valence-electron chi connectivity index (χ3n) is 9.14. The summed E-state index contributed by atoms with van der Waals surface area (Å²) in [6.07, 6.45) is 22.3. The highest BCUT2D eigenvalue weighted by Crippen LogP contribution is 2.28. The van der Waals surface area contributed by atoms with Gasteiger partial charge in [-0.1, -0.05) is 103 Å². The number of aliphatic hydroxyl groups excluding tert-OH is 4. The van der Waals surface area contributed by atoms with Crippen molar-refractivity contribution in [2.24, 2.45) is 0 Å². The Bertz CT molecular complexity index is 726. The van der Waals surface area contributed by atoms with Gasteiger partial charge in [0.25, 0.3) is 0 Å². The van der Waals surface area contributed by atoms with E-state index in [4.69, 9.17) is 9.47 Å². The Morgan fingerprint density at radius 2 is 1.31 bits per heavy atom. The number of ether oxygens (including phenoxy) is 2. The molecule has 1 fully saturated rings. The van der Waals surface area contributed by atoms with E-state index in [0.29, 0.717) is 37.7 Å². The summed E-state index contributed by atoms with van der Waals surface area (Å²) >= 11 is 0. The van der Waals surface area contributed by atoms with Gasteiger partial charge in [0.05, 0.1) is 36.6 Å². The summed E-state index contributed by atoms with van der Waals surface area (Å²) in [5, 5.41) is 41.6. The van der Waals surface area contributed by atoms with Crippen molar-refractivity contribution in [2.45, 2.75) is 204 Å². The largest absolute Gasteiger partial charge is 0.455 e. The van der Waals surface area contributed by atoms with Crippen LogP contribution in [0.5, 0.6) is 0 Å². The summed E-state index contributed by atoms with van der Waals surface area (Å²) in [5.41, 5.74) is 0.584. The van der Waals surface area contributed by atoms with E-state index in [9.17, 15) is 25.2 Å². The van der Waals surface area contributed by atoms with Gasteiger partial charge in [-0.3, -0.25) is 0 Å². The highest BCUT2D eigenvalue weighted by molar-refractivity contribution is 5.90. The molecule has 4 N–H and O–H groups in total. The molecule has 0 saturated carbocycles. The fraction of sp³-hybridized carbons (Fsp3) is 0.914. The quantitative estimate of drug-likeness (QED) is 0.0624. The number of aliphatic hydroxyl groups is 4. The molecule has 2 aliphatic rings. The van der Waals surface area contributed by atoms with Gasteiger partial charge in [-0.2, -0.15) is 0 Å². The Morgan fingerprint density at radius 3 is 1.93 bits per heavy atom. The van der Waals surface area contributed by atoms with Gasteiger partial charge >= 0.3 is 5.97 Å². The van der Waals surface area contributed by atoms with Crippen molar-refractivity contribution >= 4 is 5.97 Å². The lowest BCUT2D eigenvalue weighted by Gasteiger charge is -2.22. The van der Waals surface area contributed by atoms with Crippen LogP contribution >= 0.6 is 0 Å². The molecular formula is C35H64O7. The topological polar surface area (TPSA) is 116 Å². The number of carbonyl (C=O) groups is 1. The van der Waals surface area contributed by atoms with E-state index in [0.717, 1.165) is 51.4 Å². The zero-order valence-corrected chi connectivity index (χ0v) is 26.9. The molecule has 0 amide bonds. The van der Waals surface area contributed by atoms with Gasteiger partial charge in [0, 0.05) is 12.0 Å². The van der Waals surface area contributed by atoms with Gasteiger partial charge in [-0.15, -0.1) is 0 Å². The molecule has 2 rings (SSSR count). The Hall–Kier alpha value is -0.990. The van der Waals surface area contributed by atoms with Crippen LogP contribution in [0.25, 0.3) is 0 Å². The maximum absolute atomic E-state index is 11.7. The lowest BCUT2D eigenvalue weighted by Crippen LogP contribution is -2.31. The molecule has 0 spiro atoms. The minimum absolute atomic E-state index is 0.149. The Kier molecular flexibility index (Phi) is 19.9. The summed E-state index contributed by atoms with van der Waals surface area (Å²) in [4.78, 5) is 11.7. The van der Waals surface area contributed by atoms with Crippen LogP contribution in [0.2, 0.25) is 0 Å². The number of rotatable bonds is 26. The average Bonchev–Trinajstić information content (AvgIpc) is 3.57. The van der Waals surface area contributed by atoms with Crippen LogP contribution in [-0.2, 0) is 14.3 Å². The second kappa shape index (κ2) is 22.5. The molecule has 246 valence electrons. The summed E-state index contributed by atoms with van der Waals surface area (Å²) in [5.74, 6) is -0.308. The van der Waals surface area contributed by atoms with Crippen LogP contribution in [0.3, 0.4) is 0 Å². The number of unbranched alkanes of at least 4 members (excludes halogenated alkanes) is 13. The van der Waals surface area contributed by atoms with Gasteiger partial charge < -0.3 is 29.9 Å². The van der Waals surface area contributed by atoms with Crippen molar-refractivity contribution in [2.75, 3.05) is 0 Å². The van der Waals surface area contributed by atoms with Crippen molar-refractivity contribution in [3.8, 4) is 0 Å². The predicted octanol–water partition coefficient (Wildman–Crippen LogP) is 7.06. The molecule has 0 aromatic rings. The SMILES string of the molecule is CCCCCCCCCCCCCCC(O)C(O)CC[C@H](O)[C@H]1CC[C@H](CCCCCC(O)CC2=CC(C)OC2=O)O1. The molecule has 1 saturated heterocycles. The summed E-state index contributed by atoms with van der Waals surface area (Å²) in [7, 11) is 0. The third kappa shape index (κ3) is 16.2. The Morgan fingerprint density at radius 1 is 0.738 bits per heavy atom. The van der Waals surface area contributed by atoms with Crippen LogP contribution in [0.4, 0.5) is 0 Å². The first-order chi connectivity index (χ1) is 20.3. The number of esters is 1. The first kappa shape index (κ1) is 37.2. The smallest absolute Gasteiger partial charge is 0.334 e. The van der Waals surface area contributed by atoms with Crippen LogP contribution < -0.4 is 0 Å². The molecule has 0 aliphatic carbocycles. The first-order valence-electron chi connectivity index (χ1n) is 17.6. The van der Waals surface area contributed by atoms with E-state index in [1.54, 1.807) is 6.08 Å². The van der Waals surface area contributed by atoms with Crippen LogP contribution in [0.15, 0.2) is 11.6 Å². The highest BCUT2D eigenvalue weighted by Gasteiger charge is 2.31. The second-order valence-corrected chi connectivity index (χ2v) is 13.1. The lowest BCUT2D eigenvalue weighted by atomic mass is 9.97. The molecule has 0 radical (unpaired) electrons. The van der Waals surface area contributed by atoms with Crippen LogP contribution in [0.1, 0.15) is 162 Å². The Balaban J connectivity index is 1.43. The van der Waals surface area contributed by atoms with Crippen LogP contribution in [-0.4, -0.2) is 69.1 Å². The second-order valence-electron chi connectivity index (χ2n) is 13.1. The highest BCUT2D eigenvalue weighted by atomic mass is 16.5. The van der Waals surface area contributed by atoms with Gasteiger partial charge in [-0.25, -0.2) is 4.79 Å². The van der Waals surface area contributed by atoms with Gasteiger partial charge in [0.1, 0.15) is 6.10 Å². The van der Waals surface area contributed by atoms with Crippen molar-refractivity contribution < 1.29 is 34.7 Å². The third-order valence-corrected chi connectivity index (χ3v) is 9.14. The molecule has 0 aromatic carbocycles. The molecule has 4 unspecified atom stereocenters. The van der Waals surface area contributed by atoms with E-state index in [1.807, 2.05) is 6.92 Å². The zero-order chi connectivity index (χ0) is 30.6. The number of hydrogen-bond donors (Lipinski definition) is 4. The van der Waals surface area contributed by atoms with E-state index in [2.05, 4.69) is 6.92 Å². The van der Waals surface area contributed by atoms with Crippen molar-refractivity contribution in [3.05, 3.63) is 11.6 Å². The monoisotopic (exact) mass is 596 g/mol. The van der Waals surface area contributed by atoms with Gasteiger partial charge in [-0.05, 0) is 57.9 Å². The van der Waals surface area contributed by atoms with E-state index in [1.165, 1.54) is 64.2 Å². The molecular weight excluding hydrogens is 532 g/mol. The Labute approximate surface area is 256 Å². The minimum Gasteiger partial charge on any atom is -0.455 e. The van der Waals surface area contributed by atoms with Crippen LogP contribution in [0, 0.1) is 0 Å². The van der Waals surface area contributed by atoms with E-state index in [-0.39, 0.29) is 24.3 Å². The van der Waals surface area contributed by atoms with E-state index < -0.39 is 24.4 Å². The van der Waals surface area contributed by atoms with Gasteiger partial charge in [0.15, 0.2) is 0 Å². The molecule has 7 heteroatoms. The molecule has 2 aliphatic heterocycles. The first-order valence-corrected chi connectivity index (χ1v) is 17.6. The van der Waals surface area contributed by atoms with Crippen molar-refractivity contribution in [1.29, 1.82) is 0 Å². The van der Waals surface area contributed by atoms with Gasteiger partial charge in [0.2, 0.25) is 0 Å². The van der Waals surface area contributed by atoms with E-state index >= 15 is 0 Å². The number of cyclic esters (lactones) is 1. The maximum atomic E-state index is 11.7. The van der Waals surface area contributed by atoms with Crippen molar-refractivity contribution in [3.63, 3.8) is 0 Å². The molecule has 2 heterocycles. The van der Waals surface area contributed by atoms with Crippen molar-refractivity contribution in [1.82, 2.24) is 0 Å². The number of hydrogen-bond acceptors (Lipinski definition) is 7. The predicted molar refractivity (Wildman–Crippen MR) is 168 cm³/mol. The average molecular weight is 597 g/mol. The molecule has 0 bridgehead atoms. The standard InChI is InChI=1S/C35H64O7/c1-3-4-5-6-7-8-9-10-11-12-13-17-20-31(37)32(38)22-23-33(39)34-24-21-30(42-34)19-16-14-15-18-29(36)26-28-25-27(2)41-35(28)40/h25,27,29-34,36-39H,3-24,26H2,1-2H3/t27?,29?,30-,31?,32?,33-,34+/m0/s1. The lowest BCUT2D eigenvalue weighted by molar-refractivity contribution is -0.139. The molecule has 7 nitrogen and oxygen atoms in total. The molecule has 0 aromatic heterocycles.